The summed E-state index contributed by atoms with van der Waals surface area (Å²) in [5.74, 6) is 0.673. The Kier molecular flexibility index (Phi) is 7.14. The molecular formula is C12H27NO2. The maximum atomic E-state index is 9.23. The van der Waals surface area contributed by atoms with Crippen LogP contribution >= 0.6 is 0 Å². The van der Waals surface area contributed by atoms with E-state index in [1.165, 1.54) is 6.42 Å². The first-order valence-electron chi connectivity index (χ1n) is 5.95. The molecule has 2 N–H and O–H groups in total. The second-order valence-corrected chi connectivity index (χ2v) is 4.97. The topological polar surface area (TPSA) is 43.7 Å². The largest absolute Gasteiger partial charge is 0.396 e. The van der Waals surface area contributed by atoms with Crippen LogP contribution in [0, 0.1) is 11.3 Å². The van der Waals surface area contributed by atoms with E-state index in [9.17, 15) is 10.2 Å². The lowest BCUT2D eigenvalue weighted by molar-refractivity contribution is 0.0327. The molecule has 3 heteroatoms. The molecule has 0 amide bonds. The normalized spacial score (nSPS) is 14.6. The predicted octanol–water partition coefficient (Wildman–Crippen LogP) is 1.35. The second-order valence-electron chi connectivity index (χ2n) is 4.97. The van der Waals surface area contributed by atoms with Crippen LogP contribution in [-0.2, 0) is 0 Å². The van der Waals surface area contributed by atoms with Gasteiger partial charge < -0.3 is 15.1 Å². The lowest BCUT2D eigenvalue weighted by Crippen LogP contribution is -2.42. The first-order chi connectivity index (χ1) is 7.01. The van der Waals surface area contributed by atoms with Gasteiger partial charge in [-0.1, -0.05) is 34.1 Å². The number of aliphatic hydroxyl groups is 2. The predicted molar refractivity (Wildman–Crippen MR) is 63.8 cm³/mol. The molecule has 0 fully saturated rings. The summed E-state index contributed by atoms with van der Waals surface area (Å²) in [5, 5.41) is 18.5. The van der Waals surface area contributed by atoms with Crippen molar-refractivity contribution in [1.29, 1.82) is 0 Å². The third-order valence-electron chi connectivity index (χ3n) is 3.08. The Balaban J connectivity index is 4.18. The van der Waals surface area contributed by atoms with Crippen molar-refractivity contribution >= 4 is 0 Å². The Labute approximate surface area is 94.1 Å². The molecule has 0 aliphatic rings. The summed E-state index contributed by atoms with van der Waals surface area (Å²) in [6.45, 7) is 11.3. The highest BCUT2D eigenvalue weighted by atomic mass is 16.3. The van der Waals surface area contributed by atoms with Gasteiger partial charge in [0, 0.05) is 18.5 Å². The molecule has 0 aromatic heterocycles. The van der Waals surface area contributed by atoms with Crippen LogP contribution in [0.15, 0.2) is 0 Å². The quantitative estimate of drug-likeness (QED) is 0.645. The molecule has 92 valence electrons. The zero-order chi connectivity index (χ0) is 11.9. The monoisotopic (exact) mass is 217 g/mol. The van der Waals surface area contributed by atoms with E-state index in [0.717, 1.165) is 19.6 Å². The second kappa shape index (κ2) is 7.20. The van der Waals surface area contributed by atoms with Gasteiger partial charge >= 0.3 is 0 Å². The van der Waals surface area contributed by atoms with Crippen LogP contribution in [0.3, 0.4) is 0 Å². The fourth-order valence-electron chi connectivity index (χ4n) is 1.57. The van der Waals surface area contributed by atoms with E-state index in [2.05, 4.69) is 25.7 Å². The summed E-state index contributed by atoms with van der Waals surface area (Å²) < 4.78 is 0. The van der Waals surface area contributed by atoms with Gasteiger partial charge in [-0.15, -0.1) is 0 Å². The molecule has 0 radical (unpaired) electrons. The van der Waals surface area contributed by atoms with Crippen LogP contribution in [-0.4, -0.2) is 48.0 Å². The SMILES string of the molecule is CCC(C)CN(CC)CC(C)(CO)CO. The minimum atomic E-state index is -0.372. The molecule has 3 nitrogen and oxygen atoms in total. The van der Waals surface area contributed by atoms with E-state index >= 15 is 0 Å². The van der Waals surface area contributed by atoms with E-state index in [-0.39, 0.29) is 18.6 Å². The summed E-state index contributed by atoms with van der Waals surface area (Å²) in [6, 6.07) is 0. The van der Waals surface area contributed by atoms with Gasteiger partial charge in [-0.3, -0.25) is 0 Å². The molecule has 0 heterocycles. The van der Waals surface area contributed by atoms with Crippen LogP contribution in [0.1, 0.15) is 34.1 Å². The van der Waals surface area contributed by atoms with Crippen LogP contribution in [0.2, 0.25) is 0 Å². The van der Waals surface area contributed by atoms with E-state index in [1.54, 1.807) is 0 Å². The highest BCUT2D eigenvalue weighted by Crippen LogP contribution is 2.17. The van der Waals surface area contributed by atoms with Crippen molar-refractivity contribution in [3.8, 4) is 0 Å². The molecule has 0 aromatic carbocycles. The molecule has 0 aliphatic heterocycles. The number of nitrogens with zero attached hydrogens (tertiary/aromatic N) is 1. The first kappa shape index (κ1) is 14.9. The Hall–Kier alpha value is -0.120. The smallest absolute Gasteiger partial charge is 0.0519 e. The van der Waals surface area contributed by atoms with Gasteiger partial charge in [0.1, 0.15) is 0 Å². The highest BCUT2D eigenvalue weighted by molar-refractivity contribution is 4.77. The van der Waals surface area contributed by atoms with Crippen molar-refractivity contribution in [3.63, 3.8) is 0 Å². The van der Waals surface area contributed by atoms with E-state index in [0.29, 0.717) is 5.92 Å². The number of hydrogen-bond donors (Lipinski definition) is 2. The Morgan fingerprint density at radius 2 is 1.73 bits per heavy atom. The standard InChI is InChI=1S/C12H27NO2/c1-5-11(3)7-13(6-2)8-12(4,9-14)10-15/h11,14-15H,5-10H2,1-4H3. The molecule has 0 rings (SSSR count). The van der Waals surface area contributed by atoms with Crippen molar-refractivity contribution in [2.45, 2.75) is 34.1 Å². The van der Waals surface area contributed by atoms with Crippen LogP contribution in [0.5, 0.6) is 0 Å². The van der Waals surface area contributed by atoms with E-state index in [4.69, 9.17) is 0 Å². The summed E-state index contributed by atoms with van der Waals surface area (Å²) in [4.78, 5) is 2.31. The number of aliphatic hydroxyl groups excluding tert-OH is 2. The lowest BCUT2D eigenvalue weighted by atomic mass is 9.92. The molecular weight excluding hydrogens is 190 g/mol. The third-order valence-corrected chi connectivity index (χ3v) is 3.08. The van der Waals surface area contributed by atoms with Crippen LogP contribution < -0.4 is 0 Å². The van der Waals surface area contributed by atoms with Gasteiger partial charge in [-0.05, 0) is 12.5 Å². The number of hydrogen-bond acceptors (Lipinski definition) is 3. The summed E-state index contributed by atoms with van der Waals surface area (Å²) in [5.41, 5.74) is -0.372. The zero-order valence-electron chi connectivity index (χ0n) is 10.7. The molecule has 1 unspecified atom stereocenters. The maximum absolute atomic E-state index is 9.23. The minimum Gasteiger partial charge on any atom is -0.396 e. The molecule has 0 bridgehead atoms. The van der Waals surface area contributed by atoms with Crippen molar-refractivity contribution in [3.05, 3.63) is 0 Å². The minimum absolute atomic E-state index is 0.0422. The zero-order valence-corrected chi connectivity index (χ0v) is 10.7. The molecule has 0 spiro atoms. The van der Waals surface area contributed by atoms with Gasteiger partial charge in [0.2, 0.25) is 0 Å². The first-order valence-corrected chi connectivity index (χ1v) is 5.95. The van der Waals surface area contributed by atoms with Crippen molar-refractivity contribution in [1.82, 2.24) is 4.90 Å². The molecule has 0 saturated carbocycles. The summed E-state index contributed by atoms with van der Waals surface area (Å²) in [6.07, 6.45) is 1.17. The van der Waals surface area contributed by atoms with E-state index < -0.39 is 0 Å². The lowest BCUT2D eigenvalue weighted by Gasteiger charge is -2.33. The average molecular weight is 217 g/mol. The van der Waals surface area contributed by atoms with Gasteiger partial charge in [0.15, 0.2) is 0 Å². The Morgan fingerprint density at radius 1 is 1.20 bits per heavy atom. The van der Waals surface area contributed by atoms with Gasteiger partial charge in [-0.25, -0.2) is 0 Å². The van der Waals surface area contributed by atoms with Gasteiger partial charge in [0.05, 0.1) is 13.2 Å². The average Bonchev–Trinajstić information content (AvgIpc) is 2.27. The van der Waals surface area contributed by atoms with Crippen molar-refractivity contribution in [2.75, 3.05) is 32.8 Å². The Bertz CT molecular complexity index is 158. The summed E-state index contributed by atoms with van der Waals surface area (Å²) in [7, 11) is 0. The Morgan fingerprint density at radius 3 is 2.07 bits per heavy atom. The van der Waals surface area contributed by atoms with Gasteiger partial charge in [-0.2, -0.15) is 0 Å². The molecule has 0 aromatic rings. The van der Waals surface area contributed by atoms with Crippen molar-refractivity contribution in [2.24, 2.45) is 11.3 Å². The van der Waals surface area contributed by atoms with Crippen LogP contribution in [0.4, 0.5) is 0 Å². The van der Waals surface area contributed by atoms with Gasteiger partial charge in [0.25, 0.3) is 0 Å². The maximum Gasteiger partial charge on any atom is 0.0519 e. The fraction of sp³-hybridized carbons (Fsp3) is 1.00. The highest BCUT2D eigenvalue weighted by Gasteiger charge is 2.25. The molecule has 15 heavy (non-hydrogen) atoms. The molecule has 0 saturated heterocycles. The third kappa shape index (κ3) is 5.50. The van der Waals surface area contributed by atoms with Crippen LogP contribution in [0.25, 0.3) is 0 Å². The van der Waals surface area contributed by atoms with E-state index in [1.807, 2.05) is 6.92 Å². The fourth-order valence-corrected chi connectivity index (χ4v) is 1.57. The summed E-state index contributed by atoms with van der Waals surface area (Å²) >= 11 is 0. The van der Waals surface area contributed by atoms with Crippen molar-refractivity contribution < 1.29 is 10.2 Å². The number of rotatable bonds is 8. The molecule has 0 aliphatic carbocycles. The molecule has 1 atom stereocenters.